The number of hydrogen-bond donors (Lipinski definition) is 5. The van der Waals surface area contributed by atoms with Crippen molar-refractivity contribution in [3.05, 3.63) is 122 Å². The number of pyridine rings is 1. The Kier molecular flexibility index (Phi) is 10.4. The van der Waals surface area contributed by atoms with Gasteiger partial charge in [-0.25, -0.2) is 13.4 Å². The van der Waals surface area contributed by atoms with Gasteiger partial charge in [0, 0.05) is 36.9 Å². The number of carboxylic acids is 1. The quantitative estimate of drug-likeness (QED) is 0.118. The van der Waals surface area contributed by atoms with E-state index in [4.69, 9.17) is 4.98 Å². The zero-order chi connectivity index (χ0) is 36.3. The van der Waals surface area contributed by atoms with Gasteiger partial charge in [0.2, 0.25) is 21.4 Å². The van der Waals surface area contributed by atoms with E-state index in [1.807, 2.05) is 54.0 Å². The number of aliphatic carboxylic acids is 1. The zero-order valence-electron chi connectivity index (χ0n) is 28.9. The van der Waals surface area contributed by atoms with E-state index >= 15 is 0 Å². The van der Waals surface area contributed by atoms with Crippen LogP contribution in [-0.4, -0.2) is 52.5 Å². The topological polar surface area (TPSA) is 175 Å². The second kappa shape index (κ2) is 14.9. The van der Waals surface area contributed by atoms with E-state index in [2.05, 4.69) is 20.3 Å². The number of aromatic amines is 1. The second-order valence-electron chi connectivity index (χ2n) is 13.2. The number of sulfonamides is 1. The van der Waals surface area contributed by atoms with E-state index in [9.17, 15) is 27.9 Å². The fraction of sp³-hybridized carbons (Fsp3) is 0.316. The summed E-state index contributed by atoms with van der Waals surface area (Å²) in [6, 6.07) is 17.0. The van der Waals surface area contributed by atoms with E-state index in [0.29, 0.717) is 47.5 Å². The number of nitrogens with one attached hydrogen (secondary N) is 4. The van der Waals surface area contributed by atoms with Gasteiger partial charge in [-0.15, -0.1) is 0 Å². The maximum Gasteiger partial charge on any atom is 0.323 e. The molecule has 5 N–H and O–H groups in total. The maximum absolute atomic E-state index is 13.8. The van der Waals surface area contributed by atoms with Crippen molar-refractivity contribution in [3.63, 3.8) is 0 Å². The number of fused-ring (bicyclic) bond motifs is 2. The minimum atomic E-state index is -4.26. The molecule has 12 nitrogen and oxygen atoms in total. The van der Waals surface area contributed by atoms with Crippen LogP contribution in [0.3, 0.4) is 0 Å². The number of carbonyl (C=O) groups is 2. The van der Waals surface area contributed by atoms with Crippen molar-refractivity contribution in [2.24, 2.45) is 0 Å². The van der Waals surface area contributed by atoms with Gasteiger partial charge in [0.25, 0.3) is 5.91 Å². The van der Waals surface area contributed by atoms with E-state index in [1.54, 1.807) is 32.0 Å². The van der Waals surface area contributed by atoms with Crippen molar-refractivity contribution in [1.82, 2.24) is 24.6 Å². The molecule has 1 aliphatic rings. The fourth-order valence-electron chi connectivity index (χ4n) is 6.82. The minimum absolute atomic E-state index is 0.0145. The first-order valence-electron chi connectivity index (χ1n) is 17.0. The number of H-pyrrole nitrogens is 1. The Morgan fingerprint density at radius 3 is 2.41 bits per heavy atom. The van der Waals surface area contributed by atoms with Crippen molar-refractivity contribution in [3.8, 4) is 0 Å². The molecule has 1 amide bonds. The second-order valence-corrected chi connectivity index (χ2v) is 14.8. The first-order chi connectivity index (χ1) is 24.4. The number of hydrogen-bond acceptors (Lipinski definition) is 7. The number of benzene rings is 3. The molecule has 6 rings (SSSR count). The highest BCUT2D eigenvalue weighted by Crippen LogP contribution is 2.23. The van der Waals surface area contributed by atoms with Gasteiger partial charge in [0.05, 0.1) is 16.1 Å². The number of anilines is 1. The van der Waals surface area contributed by atoms with Crippen LogP contribution in [0.5, 0.6) is 0 Å². The molecule has 0 aliphatic heterocycles. The molecule has 5 aromatic rings. The lowest BCUT2D eigenvalue weighted by Gasteiger charge is -2.19. The zero-order valence-corrected chi connectivity index (χ0v) is 29.7. The molecule has 0 bridgehead atoms. The Hall–Kier alpha value is -5.27. The number of carbonyl (C=O) groups excluding carboxylic acids is 1. The number of imidazole rings is 1. The van der Waals surface area contributed by atoms with E-state index in [-0.39, 0.29) is 10.5 Å². The summed E-state index contributed by atoms with van der Waals surface area (Å²) in [6.07, 6.45) is 6.34. The normalized spacial score (nSPS) is 13.5. The van der Waals surface area contributed by atoms with Gasteiger partial charge in [-0.05, 0) is 87.3 Å². The number of rotatable bonds is 13. The Balaban J connectivity index is 1.25. The highest BCUT2D eigenvalue weighted by molar-refractivity contribution is 7.89. The van der Waals surface area contributed by atoms with Gasteiger partial charge in [-0.1, -0.05) is 54.1 Å². The molecular weight excluding hydrogens is 669 g/mol. The van der Waals surface area contributed by atoms with Crippen molar-refractivity contribution in [1.29, 1.82) is 0 Å². The monoisotopic (exact) mass is 710 g/mol. The standard InChI is InChI=1S/C38H42N6O6S/c1-23-17-24(2)35(25(3)18-23)51(49,50)43-32(37(47)48)21-39-36(46)29-22-44(16-15-26-9-5-4-6-10-26)33-19-27(13-14-28(33)34(29)45)20-40-38-41-30-11-7-8-12-31(30)42-38/h4-6,9-10,13-14,17-19,22,32,43H,7-8,11-12,15-16,20-21H2,1-3H3,(H,39,46)(H,47,48)(H2,40,41,42). The number of carboxylic acid groups (broad SMARTS) is 1. The molecule has 3 aromatic carbocycles. The van der Waals surface area contributed by atoms with Gasteiger partial charge >= 0.3 is 5.97 Å². The van der Waals surface area contributed by atoms with Crippen molar-refractivity contribution < 1.29 is 23.1 Å². The lowest BCUT2D eigenvalue weighted by atomic mass is 10.0. The van der Waals surface area contributed by atoms with Crippen LogP contribution in [0.2, 0.25) is 0 Å². The van der Waals surface area contributed by atoms with Gasteiger partial charge < -0.3 is 25.3 Å². The molecule has 0 fully saturated rings. The largest absolute Gasteiger partial charge is 0.480 e. The summed E-state index contributed by atoms with van der Waals surface area (Å²) in [5, 5.41) is 16.1. The van der Waals surface area contributed by atoms with Crippen LogP contribution in [0.15, 0.2) is 76.6 Å². The van der Waals surface area contributed by atoms with Crippen LogP contribution < -0.4 is 20.8 Å². The Bertz CT molecular complexity index is 2230. The summed E-state index contributed by atoms with van der Waals surface area (Å²) in [6.45, 7) is 5.45. The molecule has 0 saturated carbocycles. The van der Waals surface area contributed by atoms with Crippen LogP contribution >= 0.6 is 0 Å². The third-order valence-corrected chi connectivity index (χ3v) is 11.0. The molecule has 0 radical (unpaired) electrons. The predicted octanol–water partition coefficient (Wildman–Crippen LogP) is 4.54. The number of aryl methyl sites for hydroxylation is 7. The first-order valence-corrected chi connectivity index (χ1v) is 18.5. The number of aromatic nitrogens is 3. The average molecular weight is 711 g/mol. The number of amides is 1. The van der Waals surface area contributed by atoms with Gasteiger partial charge in [0.1, 0.15) is 11.6 Å². The van der Waals surface area contributed by atoms with Crippen LogP contribution in [0, 0.1) is 20.8 Å². The summed E-state index contributed by atoms with van der Waals surface area (Å²) in [7, 11) is -4.26. The van der Waals surface area contributed by atoms with Gasteiger partial charge in [0.15, 0.2) is 0 Å². The third kappa shape index (κ3) is 8.05. The van der Waals surface area contributed by atoms with Gasteiger partial charge in [-0.2, -0.15) is 4.72 Å². The van der Waals surface area contributed by atoms with Crippen LogP contribution in [0.1, 0.15) is 62.4 Å². The Morgan fingerprint density at radius 1 is 0.980 bits per heavy atom. The smallest absolute Gasteiger partial charge is 0.323 e. The molecule has 51 heavy (non-hydrogen) atoms. The van der Waals surface area contributed by atoms with Crippen molar-refractivity contribution in [2.45, 2.75) is 76.9 Å². The van der Waals surface area contributed by atoms with Crippen LogP contribution in [0.25, 0.3) is 10.9 Å². The molecule has 0 spiro atoms. The number of nitrogens with zero attached hydrogens (tertiary/aromatic N) is 2. The summed E-state index contributed by atoms with van der Waals surface area (Å²) < 4.78 is 30.7. The van der Waals surface area contributed by atoms with Crippen molar-refractivity contribution in [2.75, 3.05) is 11.9 Å². The molecule has 0 saturated heterocycles. The summed E-state index contributed by atoms with van der Waals surface area (Å²) >= 11 is 0. The lowest BCUT2D eigenvalue weighted by Crippen LogP contribution is -2.49. The highest BCUT2D eigenvalue weighted by atomic mass is 32.2. The predicted molar refractivity (Wildman–Crippen MR) is 196 cm³/mol. The molecule has 2 aromatic heterocycles. The average Bonchev–Trinajstić information content (AvgIpc) is 3.51. The van der Waals surface area contributed by atoms with Crippen LogP contribution in [-0.2, 0) is 47.2 Å². The van der Waals surface area contributed by atoms with Crippen molar-refractivity contribution >= 4 is 38.8 Å². The maximum atomic E-state index is 13.8. The molecule has 1 aliphatic carbocycles. The first kappa shape index (κ1) is 35.6. The molecule has 1 unspecified atom stereocenters. The molecule has 1 atom stereocenters. The lowest BCUT2D eigenvalue weighted by molar-refractivity contribution is -0.138. The molecule has 2 heterocycles. The SMILES string of the molecule is Cc1cc(C)c(S(=O)(=O)NC(CNC(=O)c2cn(CCc3ccccc3)c3cc(CNc4nc5c([nH]4)CCCC5)ccc3c2=O)C(=O)O)c(C)c1. The molecular formula is C38H42N6O6S. The molecule has 266 valence electrons. The summed E-state index contributed by atoms with van der Waals surface area (Å²) in [4.78, 5) is 47.5. The Labute approximate surface area is 296 Å². The third-order valence-electron chi connectivity index (χ3n) is 9.22. The Morgan fingerprint density at radius 2 is 1.71 bits per heavy atom. The molecule has 13 heteroatoms. The van der Waals surface area contributed by atoms with E-state index in [0.717, 1.165) is 48.1 Å². The fourth-order valence-corrected chi connectivity index (χ4v) is 8.46. The minimum Gasteiger partial charge on any atom is -0.480 e. The van der Waals surface area contributed by atoms with Gasteiger partial charge in [-0.3, -0.25) is 14.4 Å². The summed E-state index contributed by atoms with van der Waals surface area (Å²) in [5.41, 5.74) is 6.02. The highest BCUT2D eigenvalue weighted by Gasteiger charge is 2.29. The van der Waals surface area contributed by atoms with E-state index in [1.165, 1.54) is 11.9 Å². The van der Waals surface area contributed by atoms with E-state index < -0.39 is 39.9 Å². The summed E-state index contributed by atoms with van der Waals surface area (Å²) in [5.74, 6) is -1.58. The van der Waals surface area contributed by atoms with Crippen LogP contribution in [0.4, 0.5) is 5.95 Å².